The van der Waals surface area contributed by atoms with Gasteiger partial charge < -0.3 is 47.4 Å². The minimum atomic E-state index is 0.176. The predicted molar refractivity (Wildman–Crippen MR) is 201 cm³/mol. The lowest BCUT2D eigenvalue weighted by Gasteiger charge is -2.28. The molecule has 0 aliphatic heterocycles. The summed E-state index contributed by atoms with van der Waals surface area (Å²) < 4.78 is 57.1. The fourth-order valence-corrected chi connectivity index (χ4v) is 6.47. The van der Waals surface area contributed by atoms with Crippen molar-refractivity contribution in [1.82, 2.24) is 0 Å². The van der Waals surface area contributed by atoms with Gasteiger partial charge in [0.2, 0.25) is 11.5 Å². The zero-order chi connectivity index (χ0) is 37.3. The van der Waals surface area contributed by atoms with Crippen LogP contribution in [0, 0.1) is 11.8 Å². The molecule has 4 aromatic rings. The molecule has 0 aromatic heterocycles. The molecule has 0 aliphatic carbocycles. The highest BCUT2D eigenvalue weighted by Crippen LogP contribution is 2.40. The second-order valence-electron chi connectivity index (χ2n) is 12.4. The van der Waals surface area contributed by atoms with Gasteiger partial charge in [0.1, 0.15) is 11.5 Å². The van der Waals surface area contributed by atoms with E-state index in [2.05, 4.69) is 24.3 Å². The van der Waals surface area contributed by atoms with Crippen LogP contribution in [0.3, 0.4) is 0 Å². The van der Waals surface area contributed by atoms with Crippen LogP contribution in [-0.2, 0) is 35.5 Å². The van der Waals surface area contributed by atoms with Crippen LogP contribution in [0.2, 0.25) is 0 Å². The van der Waals surface area contributed by atoms with E-state index in [0.29, 0.717) is 60.9 Å². The van der Waals surface area contributed by atoms with E-state index in [9.17, 15) is 0 Å². The minimum Gasteiger partial charge on any atom is -0.497 e. The van der Waals surface area contributed by atoms with E-state index in [1.54, 1.807) is 56.9 Å². The Morgan fingerprint density at radius 3 is 1.31 bits per heavy atom. The van der Waals surface area contributed by atoms with Crippen molar-refractivity contribution in [1.29, 1.82) is 0 Å². The first-order valence-corrected chi connectivity index (χ1v) is 17.4. The molecule has 0 aliphatic rings. The Morgan fingerprint density at radius 2 is 0.885 bits per heavy atom. The number of hydrogen-bond donors (Lipinski definition) is 0. The minimum absolute atomic E-state index is 0.176. The van der Waals surface area contributed by atoms with Crippen molar-refractivity contribution >= 4 is 0 Å². The van der Waals surface area contributed by atoms with Gasteiger partial charge in [-0.05, 0) is 108 Å². The smallest absolute Gasteiger partial charge is 0.203 e. The van der Waals surface area contributed by atoms with Crippen molar-refractivity contribution in [2.45, 2.75) is 38.9 Å². The summed E-state index contributed by atoms with van der Waals surface area (Å²) >= 11 is 0. The number of methoxy groups -OCH3 is 8. The molecular weight excluding hydrogens is 664 g/mol. The number of benzene rings is 4. The van der Waals surface area contributed by atoms with Crippen LogP contribution in [-0.4, -0.2) is 70.1 Å². The van der Waals surface area contributed by atoms with Crippen LogP contribution in [0.25, 0.3) is 0 Å². The summed E-state index contributed by atoms with van der Waals surface area (Å²) in [6, 6.07) is 24.3. The van der Waals surface area contributed by atoms with E-state index in [1.165, 1.54) is 11.1 Å². The number of rotatable bonds is 23. The quantitative estimate of drug-likeness (QED) is 0.0703. The monoisotopic (exact) mass is 718 g/mol. The third-order valence-corrected chi connectivity index (χ3v) is 9.11. The summed E-state index contributed by atoms with van der Waals surface area (Å²) in [6.07, 6.45) is 3.45. The summed E-state index contributed by atoms with van der Waals surface area (Å²) in [5, 5.41) is 0. The molecule has 0 spiro atoms. The van der Waals surface area contributed by atoms with Gasteiger partial charge in [-0.3, -0.25) is 0 Å². The van der Waals surface area contributed by atoms with Crippen molar-refractivity contribution in [3.8, 4) is 46.0 Å². The Hall–Kier alpha value is -4.80. The van der Waals surface area contributed by atoms with Crippen LogP contribution < -0.4 is 37.9 Å². The van der Waals surface area contributed by atoms with Gasteiger partial charge in [0.15, 0.2) is 23.0 Å². The van der Waals surface area contributed by atoms with Crippen LogP contribution in [0.1, 0.15) is 35.1 Å². The van der Waals surface area contributed by atoms with Crippen LogP contribution in [0.5, 0.6) is 46.0 Å². The molecular formula is C42H54O10. The summed E-state index contributed by atoms with van der Waals surface area (Å²) in [7, 11) is 13.0. The molecule has 0 heterocycles. The average Bonchev–Trinajstić information content (AvgIpc) is 3.18. The summed E-state index contributed by atoms with van der Waals surface area (Å²) in [5.74, 6) is 5.62. The highest BCUT2D eigenvalue weighted by atomic mass is 16.5. The molecule has 0 radical (unpaired) electrons. The van der Waals surface area contributed by atoms with Crippen LogP contribution >= 0.6 is 0 Å². The van der Waals surface area contributed by atoms with Crippen molar-refractivity contribution in [2.24, 2.45) is 11.8 Å². The fourth-order valence-electron chi connectivity index (χ4n) is 6.47. The Bertz CT molecular complexity index is 1620. The van der Waals surface area contributed by atoms with Gasteiger partial charge in [-0.1, -0.05) is 24.3 Å². The Morgan fingerprint density at radius 1 is 0.442 bits per heavy atom. The van der Waals surface area contributed by atoms with Crippen molar-refractivity contribution in [3.63, 3.8) is 0 Å². The molecule has 0 saturated carbocycles. The zero-order valence-corrected chi connectivity index (χ0v) is 31.8. The van der Waals surface area contributed by atoms with E-state index in [1.807, 2.05) is 48.5 Å². The van der Waals surface area contributed by atoms with Crippen molar-refractivity contribution in [2.75, 3.05) is 70.1 Å². The Labute approximate surface area is 308 Å². The summed E-state index contributed by atoms with van der Waals surface area (Å²) in [6.45, 7) is 1.93. The van der Waals surface area contributed by atoms with Gasteiger partial charge in [0, 0.05) is 6.61 Å². The predicted octanol–water partition coefficient (Wildman–Crippen LogP) is 7.99. The number of hydrogen-bond acceptors (Lipinski definition) is 10. The van der Waals surface area contributed by atoms with E-state index in [-0.39, 0.29) is 11.8 Å². The fraction of sp³-hybridized carbons (Fsp3) is 0.429. The molecule has 0 bridgehead atoms. The summed E-state index contributed by atoms with van der Waals surface area (Å²) in [4.78, 5) is 0. The zero-order valence-electron chi connectivity index (χ0n) is 31.8. The molecule has 282 valence electrons. The lowest BCUT2D eigenvalue weighted by molar-refractivity contribution is 0.0578. The Kier molecular flexibility index (Phi) is 16.1. The topological polar surface area (TPSA) is 92.3 Å². The maximum Gasteiger partial charge on any atom is 0.203 e. The van der Waals surface area contributed by atoms with E-state index < -0.39 is 0 Å². The highest BCUT2D eigenvalue weighted by Gasteiger charge is 2.24. The third-order valence-electron chi connectivity index (χ3n) is 9.11. The highest BCUT2D eigenvalue weighted by molar-refractivity contribution is 5.54. The number of ether oxygens (including phenoxy) is 10. The van der Waals surface area contributed by atoms with Gasteiger partial charge >= 0.3 is 0 Å². The molecule has 0 unspecified atom stereocenters. The molecule has 2 atom stereocenters. The van der Waals surface area contributed by atoms with E-state index in [0.717, 1.165) is 48.3 Å². The van der Waals surface area contributed by atoms with Crippen molar-refractivity contribution < 1.29 is 47.4 Å². The molecule has 0 saturated heterocycles. The molecule has 10 nitrogen and oxygen atoms in total. The van der Waals surface area contributed by atoms with Crippen molar-refractivity contribution in [3.05, 3.63) is 95.1 Å². The average molecular weight is 719 g/mol. The molecule has 4 aromatic carbocycles. The third kappa shape index (κ3) is 11.1. The van der Waals surface area contributed by atoms with E-state index in [4.69, 9.17) is 47.4 Å². The lowest BCUT2D eigenvalue weighted by atomic mass is 9.80. The van der Waals surface area contributed by atoms with E-state index >= 15 is 0 Å². The molecule has 0 N–H and O–H groups in total. The first kappa shape index (κ1) is 40.0. The molecule has 10 heteroatoms. The molecule has 4 rings (SSSR count). The van der Waals surface area contributed by atoms with Gasteiger partial charge in [-0.2, -0.15) is 0 Å². The molecule has 0 fully saturated rings. The molecule has 52 heavy (non-hydrogen) atoms. The van der Waals surface area contributed by atoms with Gasteiger partial charge in [0.25, 0.3) is 0 Å². The standard InChI is InChI=1S/C42H54O10/c1-43-35-15-9-12-29(20-35)18-33(14-11-17-51-26-31-22-37(45-3)41(49-7)38(23-31)46-4)34(19-30-13-10-16-36(21-30)44-2)28-52-27-32-24-39(47-5)42(50-8)40(25-32)48-6/h9-10,12-13,15-16,20-25,33-34H,11,14,17-19,26-28H2,1-8H3/t33-,34+/m1/s1. The van der Waals surface area contributed by atoms with Crippen LogP contribution in [0.4, 0.5) is 0 Å². The Balaban J connectivity index is 1.54. The van der Waals surface area contributed by atoms with Gasteiger partial charge in [-0.15, -0.1) is 0 Å². The first-order chi connectivity index (χ1) is 25.4. The molecule has 0 amide bonds. The van der Waals surface area contributed by atoms with Gasteiger partial charge in [-0.25, -0.2) is 0 Å². The second kappa shape index (κ2) is 20.9. The van der Waals surface area contributed by atoms with Gasteiger partial charge in [0.05, 0.1) is 76.7 Å². The first-order valence-electron chi connectivity index (χ1n) is 17.4. The summed E-state index contributed by atoms with van der Waals surface area (Å²) in [5.41, 5.74) is 4.27. The second-order valence-corrected chi connectivity index (χ2v) is 12.4. The normalized spacial score (nSPS) is 12.1. The maximum absolute atomic E-state index is 6.52. The largest absolute Gasteiger partial charge is 0.497 e. The lowest BCUT2D eigenvalue weighted by Crippen LogP contribution is -2.25. The SMILES string of the molecule is COc1cccc(C[C@@H](CCCOCc2cc(OC)c(OC)c(OC)c2)[C@H](COCc2cc(OC)c(OC)c(OC)c2)Cc2cccc(OC)c2)c1. The van der Waals surface area contributed by atoms with Crippen LogP contribution in [0.15, 0.2) is 72.8 Å². The maximum atomic E-state index is 6.52.